The van der Waals surface area contributed by atoms with Crippen LogP contribution >= 0.6 is 0 Å². The summed E-state index contributed by atoms with van der Waals surface area (Å²) in [6.45, 7) is 2.12. The van der Waals surface area contributed by atoms with Gasteiger partial charge in [0.15, 0.2) is 0 Å². The highest BCUT2D eigenvalue weighted by Gasteiger charge is 2.13. The summed E-state index contributed by atoms with van der Waals surface area (Å²) in [5.41, 5.74) is 5.64. The van der Waals surface area contributed by atoms with Gasteiger partial charge in [-0.15, -0.1) is 0 Å². The molecule has 0 radical (unpaired) electrons. The van der Waals surface area contributed by atoms with E-state index in [4.69, 9.17) is 5.10 Å². The first-order valence-corrected chi connectivity index (χ1v) is 7.43. The minimum Gasteiger partial charge on any atom is -0.232 e. The first kappa shape index (κ1) is 12.8. The number of nitrogens with zero attached hydrogens (tertiary/aromatic N) is 2. The van der Waals surface area contributed by atoms with Crippen LogP contribution < -0.4 is 0 Å². The number of aromatic nitrogens is 2. The maximum absolute atomic E-state index is 4.89. The van der Waals surface area contributed by atoms with Crippen LogP contribution in [0.5, 0.6) is 0 Å². The summed E-state index contributed by atoms with van der Waals surface area (Å²) in [7, 11) is 0. The molecule has 2 heteroatoms. The number of benzene rings is 3. The van der Waals surface area contributed by atoms with E-state index >= 15 is 0 Å². The molecule has 0 saturated carbocycles. The van der Waals surface area contributed by atoms with Gasteiger partial charge in [0.2, 0.25) is 0 Å². The Morgan fingerprint density at radius 1 is 0.773 bits per heavy atom. The fourth-order valence-electron chi connectivity index (χ4n) is 2.80. The van der Waals surface area contributed by atoms with Gasteiger partial charge in [-0.05, 0) is 30.7 Å². The molecule has 1 aromatic heterocycles. The quantitative estimate of drug-likeness (QED) is 0.506. The number of para-hydroxylation sites is 1. The van der Waals surface area contributed by atoms with Crippen LogP contribution in [0, 0.1) is 6.92 Å². The van der Waals surface area contributed by atoms with Crippen molar-refractivity contribution in [3.8, 4) is 16.9 Å². The number of aryl methyl sites for hydroxylation is 1. The SMILES string of the molecule is Cc1ccc2c(-c3ccccc3)nn(-c3ccccc3)c2c1. The second-order valence-corrected chi connectivity index (χ2v) is 5.48. The Morgan fingerprint density at radius 3 is 2.18 bits per heavy atom. The zero-order valence-electron chi connectivity index (χ0n) is 12.4. The summed E-state index contributed by atoms with van der Waals surface area (Å²) >= 11 is 0. The van der Waals surface area contributed by atoms with E-state index in [2.05, 4.69) is 61.5 Å². The highest BCUT2D eigenvalue weighted by molar-refractivity contribution is 5.94. The van der Waals surface area contributed by atoms with E-state index in [0.29, 0.717) is 0 Å². The van der Waals surface area contributed by atoms with E-state index in [-0.39, 0.29) is 0 Å². The third kappa shape index (κ3) is 2.09. The average molecular weight is 284 g/mol. The number of fused-ring (bicyclic) bond motifs is 1. The lowest BCUT2D eigenvalue weighted by atomic mass is 10.1. The van der Waals surface area contributed by atoms with Crippen molar-refractivity contribution in [2.45, 2.75) is 6.92 Å². The maximum atomic E-state index is 4.89. The summed E-state index contributed by atoms with van der Waals surface area (Å²) in [6.07, 6.45) is 0. The smallest absolute Gasteiger partial charge is 0.101 e. The van der Waals surface area contributed by atoms with Crippen LogP contribution in [-0.2, 0) is 0 Å². The molecule has 0 amide bonds. The third-order valence-electron chi connectivity index (χ3n) is 3.88. The molecule has 3 aromatic carbocycles. The molecule has 0 unspecified atom stereocenters. The summed E-state index contributed by atoms with van der Waals surface area (Å²) in [4.78, 5) is 0. The largest absolute Gasteiger partial charge is 0.232 e. The molecule has 0 saturated heterocycles. The van der Waals surface area contributed by atoms with Gasteiger partial charge in [-0.1, -0.05) is 60.7 Å². The molecule has 1 heterocycles. The Bertz CT molecular complexity index is 922. The molecule has 0 aliphatic heterocycles. The van der Waals surface area contributed by atoms with Crippen molar-refractivity contribution in [3.63, 3.8) is 0 Å². The zero-order chi connectivity index (χ0) is 14.9. The molecule has 0 bridgehead atoms. The van der Waals surface area contributed by atoms with E-state index in [1.54, 1.807) is 0 Å². The Labute approximate surface area is 129 Å². The van der Waals surface area contributed by atoms with E-state index in [9.17, 15) is 0 Å². The highest BCUT2D eigenvalue weighted by Crippen LogP contribution is 2.30. The van der Waals surface area contributed by atoms with Gasteiger partial charge in [0.05, 0.1) is 11.2 Å². The summed E-state index contributed by atoms with van der Waals surface area (Å²) in [6, 6.07) is 27.1. The number of hydrogen-bond acceptors (Lipinski definition) is 1. The Hall–Kier alpha value is -2.87. The average Bonchev–Trinajstić information content (AvgIpc) is 2.95. The summed E-state index contributed by atoms with van der Waals surface area (Å²) < 4.78 is 2.03. The van der Waals surface area contributed by atoms with Crippen LogP contribution in [-0.4, -0.2) is 9.78 Å². The van der Waals surface area contributed by atoms with Crippen LogP contribution in [0.15, 0.2) is 78.9 Å². The van der Waals surface area contributed by atoms with Crippen LogP contribution in [0.1, 0.15) is 5.56 Å². The van der Waals surface area contributed by atoms with E-state index in [1.807, 2.05) is 28.9 Å². The minimum atomic E-state index is 1.03. The van der Waals surface area contributed by atoms with Crippen molar-refractivity contribution in [1.29, 1.82) is 0 Å². The Kier molecular flexibility index (Phi) is 3.01. The lowest BCUT2D eigenvalue weighted by Gasteiger charge is -2.03. The monoisotopic (exact) mass is 284 g/mol. The molecule has 0 spiro atoms. The van der Waals surface area contributed by atoms with Gasteiger partial charge in [0.25, 0.3) is 0 Å². The molecule has 22 heavy (non-hydrogen) atoms. The fraction of sp³-hybridized carbons (Fsp3) is 0.0500. The van der Waals surface area contributed by atoms with E-state index in [0.717, 1.165) is 22.5 Å². The standard InChI is InChI=1S/C20H16N2/c1-15-12-13-18-19(14-15)22(17-10-6-3-7-11-17)21-20(18)16-8-4-2-5-9-16/h2-14H,1H3. The molecule has 0 aliphatic carbocycles. The molecule has 0 atom stereocenters. The molecule has 0 aliphatic rings. The van der Waals surface area contributed by atoms with Crippen molar-refractivity contribution < 1.29 is 0 Å². The molecule has 4 aromatic rings. The first-order chi connectivity index (χ1) is 10.8. The van der Waals surface area contributed by atoms with Gasteiger partial charge < -0.3 is 0 Å². The highest BCUT2D eigenvalue weighted by atomic mass is 15.3. The third-order valence-corrected chi connectivity index (χ3v) is 3.88. The van der Waals surface area contributed by atoms with Crippen molar-refractivity contribution in [1.82, 2.24) is 9.78 Å². The molecular formula is C20H16N2. The normalized spacial score (nSPS) is 11.0. The lowest BCUT2D eigenvalue weighted by molar-refractivity contribution is 0.914. The second-order valence-electron chi connectivity index (χ2n) is 5.48. The van der Waals surface area contributed by atoms with Gasteiger partial charge in [0, 0.05) is 10.9 Å². The molecule has 0 fully saturated rings. The van der Waals surface area contributed by atoms with Crippen molar-refractivity contribution in [2.75, 3.05) is 0 Å². The van der Waals surface area contributed by atoms with E-state index in [1.165, 1.54) is 10.9 Å². The Morgan fingerprint density at radius 2 is 1.45 bits per heavy atom. The molecule has 0 N–H and O–H groups in total. The van der Waals surface area contributed by atoms with Gasteiger partial charge in [0.1, 0.15) is 5.69 Å². The fourth-order valence-corrected chi connectivity index (χ4v) is 2.80. The molecular weight excluding hydrogens is 268 g/mol. The predicted octanol–water partition coefficient (Wildman–Crippen LogP) is 5.00. The zero-order valence-corrected chi connectivity index (χ0v) is 12.4. The van der Waals surface area contributed by atoms with Crippen LogP contribution in [0.4, 0.5) is 0 Å². The summed E-state index contributed by atoms with van der Waals surface area (Å²) in [5.74, 6) is 0. The van der Waals surface area contributed by atoms with Gasteiger partial charge in [-0.3, -0.25) is 0 Å². The van der Waals surface area contributed by atoms with Crippen molar-refractivity contribution in [3.05, 3.63) is 84.4 Å². The summed E-state index contributed by atoms with van der Waals surface area (Å²) in [5, 5.41) is 6.07. The van der Waals surface area contributed by atoms with Gasteiger partial charge in [-0.2, -0.15) is 5.10 Å². The van der Waals surface area contributed by atoms with Crippen molar-refractivity contribution in [2.24, 2.45) is 0 Å². The number of rotatable bonds is 2. The predicted molar refractivity (Wildman–Crippen MR) is 91.2 cm³/mol. The van der Waals surface area contributed by atoms with Crippen molar-refractivity contribution >= 4 is 10.9 Å². The topological polar surface area (TPSA) is 17.8 Å². The van der Waals surface area contributed by atoms with Crippen LogP contribution in [0.3, 0.4) is 0 Å². The molecule has 106 valence electrons. The molecule has 2 nitrogen and oxygen atoms in total. The van der Waals surface area contributed by atoms with Crippen LogP contribution in [0.25, 0.3) is 27.8 Å². The van der Waals surface area contributed by atoms with Gasteiger partial charge in [-0.25, -0.2) is 4.68 Å². The lowest BCUT2D eigenvalue weighted by Crippen LogP contribution is -1.96. The molecule has 4 rings (SSSR count). The number of hydrogen-bond donors (Lipinski definition) is 0. The second kappa shape index (κ2) is 5.15. The van der Waals surface area contributed by atoms with E-state index < -0.39 is 0 Å². The Balaban J connectivity index is 2.04. The minimum absolute atomic E-state index is 1.03. The van der Waals surface area contributed by atoms with Crippen LogP contribution in [0.2, 0.25) is 0 Å². The van der Waals surface area contributed by atoms with Gasteiger partial charge >= 0.3 is 0 Å². The first-order valence-electron chi connectivity index (χ1n) is 7.43. The maximum Gasteiger partial charge on any atom is 0.101 e.